The third-order valence-corrected chi connectivity index (χ3v) is 4.87. The summed E-state index contributed by atoms with van der Waals surface area (Å²) in [4.78, 5) is 17.0. The highest BCUT2D eigenvalue weighted by molar-refractivity contribution is 7.13. The lowest BCUT2D eigenvalue weighted by Gasteiger charge is -2.07. The van der Waals surface area contributed by atoms with Crippen molar-refractivity contribution in [2.45, 2.75) is 6.54 Å². The molecule has 0 aliphatic heterocycles. The van der Waals surface area contributed by atoms with Crippen LogP contribution in [-0.2, 0) is 6.54 Å². The van der Waals surface area contributed by atoms with E-state index < -0.39 is 0 Å². The molecule has 1 amide bonds. The van der Waals surface area contributed by atoms with Crippen molar-refractivity contribution in [2.24, 2.45) is 0 Å². The number of fused-ring (bicyclic) bond motifs is 1. The quantitative estimate of drug-likeness (QED) is 0.571. The van der Waals surface area contributed by atoms with E-state index in [-0.39, 0.29) is 5.91 Å². The van der Waals surface area contributed by atoms with Gasteiger partial charge in [0.2, 0.25) is 0 Å². The van der Waals surface area contributed by atoms with E-state index in [0.29, 0.717) is 23.0 Å². The molecular formula is C20H17N3O2S. The monoisotopic (exact) mass is 363 g/mol. The average Bonchev–Trinajstić information content (AvgIpc) is 3.30. The minimum Gasteiger partial charge on any atom is -0.496 e. The number of rotatable bonds is 5. The zero-order valence-electron chi connectivity index (χ0n) is 14.2. The first kappa shape index (κ1) is 16.4. The molecule has 130 valence electrons. The second kappa shape index (κ2) is 7.01. The van der Waals surface area contributed by atoms with E-state index in [9.17, 15) is 4.79 Å². The second-order valence-electron chi connectivity index (χ2n) is 5.80. The molecule has 0 saturated heterocycles. The van der Waals surface area contributed by atoms with Crippen LogP contribution >= 0.6 is 11.3 Å². The number of thiazole rings is 1. The summed E-state index contributed by atoms with van der Waals surface area (Å²) in [5, 5.41) is 6.07. The number of amides is 1. The van der Waals surface area contributed by atoms with Gasteiger partial charge in [-0.2, -0.15) is 0 Å². The van der Waals surface area contributed by atoms with Crippen LogP contribution in [-0.4, -0.2) is 22.6 Å². The van der Waals surface area contributed by atoms with E-state index in [0.717, 1.165) is 10.9 Å². The van der Waals surface area contributed by atoms with Crippen LogP contribution in [0.15, 0.2) is 66.3 Å². The topological polar surface area (TPSA) is 56.1 Å². The van der Waals surface area contributed by atoms with Gasteiger partial charge in [0, 0.05) is 24.3 Å². The van der Waals surface area contributed by atoms with Gasteiger partial charge in [0.15, 0.2) is 5.13 Å². The van der Waals surface area contributed by atoms with Crippen molar-refractivity contribution in [1.82, 2.24) is 9.55 Å². The molecule has 0 spiro atoms. The molecule has 0 saturated carbocycles. The first-order chi connectivity index (χ1) is 12.8. The van der Waals surface area contributed by atoms with Gasteiger partial charge in [-0.15, -0.1) is 11.3 Å². The Morgan fingerprint density at radius 2 is 2.04 bits per heavy atom. The maximum atomic E-state index is 12.8. The normalized spacial score (nSPS) is 10.8. The van der Waals surface area contributed by atoms with Gasteiger partial charge in [0.25, 0.3) is 5.91 Å². The summed E-state index contributed by atoms with van der Waals surface area (Å²) in [6.07, 6.45) is 3.54. The van der Waals surface area contributed by atoms with Crippen molar-refractivity contribution in [3.05, 3.63) is 77.4 Å². The molecule has 0 unspecified atom stereocenters. The van der Waals surface area contributed by atoms with E-state index in [1.807, 2.05) is 48.0 Å². The fourth-order valence-corrected chi connectivity index (χ4v) is 3.55. The number of hydrogen-bond donors (Lipinski definition) is 1. The smallest absolute Gasteiger partial charge is 0.259 e. The van der Waals surface area contributed by atoms with Gasteiger partial charge in [-0.05, 0) is 17.7 Å². The largest absolute Gasteiger partial charge is 0.496 e. The van der Waals surface area contributed by atoms with Crippen LogP contribution in [0.5, 0.6) is 5.75 Å². The second-order valence-corrected chi connectivity index (χ2v) is 6.70. The number of nitrogens with zero attached hydrogens (tertiary/aromatic N) is 2. The number of aromatic nitrogens is 2. The highest BCUT2D eigenvalue weighted by Crippen LogP contribution is 2.31. The van der Waals surface area contributed by atoms with Crippen LogP contribution in [0.25, 0.3) is 10.9 Å². The Balaban J connectivity index is 1.80. The van der Waals surface area contributed by atoms with Gasteiger partial charge in [0.05, 0.1) is 23.6 Å². The van der Waals surface area contributed by atoms with Crippen LogP contribution in [0.1, 0.15) is 15.9 Å². The zero-order chi connectivity index (χ0) is 17.9. The first-order valence-electron chi connectivity index (χ1n) is 8.17. The number of benzene rings is 2. The van der Waals surface area contributed by atoms with Crippen molar-refractivity contribution in [2.75, 3.05) is 12.4 Å². The van der Waals surface area contributed by atoms with Crippen molar-refractivity contribution >= 4 is 33.3 Å². The third-order valence-electron chi connectivity index (χ3n) is 4.18. The first-order valence-corrected chi connectivity index (χ1v) is 9.05. The van der Waals surface area contributed by atoms with Crippen LogP contribution in [0.2, 0.25) is 0 Å². The van der Waals surface area contributed by atoms with E-state index in [1.165, 1.54) is 16.9 Å². The molecule has 2 aromatic heterocycles. The summed E-state index contributed by atoms with van der Waals surface area (Å²) in [5.74, 6) is 0.486. The van der Waals surface area contributed by atoms with E-state index >= 15 is 0 Å². The molecule has 6 heteroatoms. The summed E-state index contributed by atoms with van der Waals surface area (Å²) >= 11 is 1.39. The van der Waals surface area contributed by atoms with Crippen LogP contribution in [0.3, 0.4) is 0 Å². The maximum absolute atomic E-state index is 12.8. The van der Waals surface area contributed by atoms with Gasteiger partial charge in [-0.3, -0.25) is 10.1 Å². The molecule has 4 rings (SSSR count). The molecule has 5 nitrogen and oxygen atoms in total. The Hall–Kier alpha value is -3.12. The van der Waals surface area contributed by atoms with Crippen molar-refractivity contribution in [3.63, 3.8) is 0 Å². The lowest BCUT2D eigenvalue weighted by Crippen LogP contribution is -2.11. The molecule has 0 bridgehead atoms. The molecule has 26 heavy (non-hydrogen) atoms. The number of ether oxygens (including phenoxy) is 1. The summed E-state index contributed by atoms with van der Waals surface area (Å²) in [6, 6.07) is 16.0. The number of methoxy groups -OCH3 is 1. The minimum absolute atomic E-state index is 0.193. The zero-order valence-corrected chi connectivity index (χ0v) is 15.0. The van der Waals surface area contributed by atoms with Gasteiger partial charge in [-0.25, -0.2) is 4.98 Å². The fourth-order valence-electron chi connectivity index (χ4n) is 3.02. The highest BCUT2D eigenvalue weighted by Gasteiger charge is 2.19. The van der Waals surface area contributed by atoms with Gasteiger partial charge < -0.3 is 9.30 Å². The minimum atomic E-state index is -0.193. The summed E-state index contributed by atoms with van der Waals surface area (Å²) in [7, 11) is 1.62. The fraction of sp³-hybridized carbons (Fsp3) is 0.100. The number of hydrogen-bond acceptors (Lipinski definition) is 4. The van der Waals surface area contributed by atoms with Gasteiger partial charge in [-0.1, -0.05) is 36.4 Å². The molecular weight excluding hydrogens is 346 g/mol. The van der Waals surface area contributed by atoms with E-state index in [2.05, 4.69) is 27.0 Å². The lowest BCUT2D eigenvalue weighted by atomic mass is 10.1. The van der Waals surface area contributed by atoms with Crippen LogP contribution in [0, 0.1) is 0 Å². The van der Waals surface area contributed by atoms with E-state index in [4.69, 9.17) is 4.74 Å². The van der Waals surface area contributed by atoms with E-state index in [1.54, 1.807) is 13.3 Å². The molecule has 2 heterocycles. The predicted octanol–water partition coefficient (Wildman–Crippen LogP) is 4.41. The van der Waals surface area contributed by atoms with Crippen LogP contribution in [0.4, 0.5) is 5.13 Å². The lowest BCUT2D eigenvalue weighted by molar-refractivity contribution is 0.102. The predicted molar refractivity (Wildman–Crippen MR) is 104 cm³/mol. The number of carbonyl (C=O) groups excluding carboxylic acids is 1. The van der Waals surface area contributed by atoms with Crippen molar-refractivity contribution in [1.29, 1.82) is 0 Å². The maximum Gasteiger partial charge on any atom is 0.259 e. The average molecular weight is 363 g/mol. The summed E-state index contributed by atoms with van der Waals surface area (Å²) in [5.41, 5.74) is 2.69. The molecule has 1 N–H and O–H groups in total. The Morgan fingerprint density at radius 1 is 1.19 bits per heavy atom. The number of carbonyl (C=O) groups is 1. The molecule has 4 aromatic rings. The van der Waals surface area contributed by atoms with Crippen molar-refractivity contribution < 1.29 is 9.53 Å². The SMILES string of the molecule is COc1cccc2c1c(C(=O)Nc1nccs1)cn2Cc1ccccc1. The summed E-state index contributed by atoms with van der Waals surface area (Å²) in [6.45, 7) is 0.676. The Labute approximate surface area is 154 Å². The Bertz CT molecular complexity index is 1040. The number of nitrogens with one attached hydrogen (secondary N) is 1. The molecule has 0 atom stereocenters. The Kier molecular flexibility index (Phi) is 4.41. The highest BCUT2D eigenvalue weighted by atomic mass is 32.1. The van der Waals surface area contributed by atoms with Gasteiger partial charge >= 0.3 is 0 Å². The Morgan fingerprint density at radius 3 is 2.77 bits per heavy atom. The van der Waals surface area contributed by atoms with Crippen molar-refractivity contribution in [3.8, 4) is 5.75 Å². The third kappa shape index (κ3) is 3.07. The molecule has 2 aromatic carbocycles. The summed E-state index contributed by atoms with van der Waals surface area (Å²) < 4.78 is 7.58. The van der Waals surface area contributed by atoms with Crippen LogP contribution < -0.4 is 10.1 Å². The number of anilines is 1. The molecule has 0 aliphatic rings. The molecule has 0 fully saturated rings. The molecule has 0 aliphatic carbocycles. The van der Waals surface area contributed by atoms with Gasteiger partial charge in [0.1, 0.15) is 5.75 Å². The molecule has 0 radical (unpaired) electrons. The standard InChI is InChI=1S/C20H17N3O2S/c1-25-17-9-5-8-16-18(17)15(19(24)22-20-21-10-11-26-20)13-23(16)12-14-6-3-2-4-7-14/h2-11,13H,12H2,1H3,(H,21,22,24).